The molecule has 2 nitrogen and oxygen atoms in total. The average molecular weight is 324 g/mol. The van der Waals surface area contributed by atoms with Crippen LogP contribution in [0.3, 0.4) is 0 Å². The molecule has 21 heavy (non-hydrogen) atoms. The molecule has 0 bridgehead atoms. The maximum Gasteiger partial charge on any atom is 0.115 e. The van der Waals surface area contributed by atoms with E-state index in [4.69, 9.17) is 10.2 Å². The second kappa shape index (κ2) is 9.50. The van der Waals surface area contributed by atoms with E-state index in [0.29, 0.717) is 23.3 Å². The van der Waals surface area contributed by atoms with Gasteiger partial charge >= 0.3 is 0 Å². The minimum atomic E-state index is 0. The van der Waals surface area contributed by atoms with Crippen molar-refractivity contribution in [2.45, 2.75) is 39.5 Å². The maximum absolute atomic E-state index is 9.06. The van der Waals surface area contributed by atoms with E-state index in [1.54, 1.807) is 24.3 Å². The summed E-state index contributed by atoms with van der Waals surface area (Å²) in [5, 5.41) is 18.1. The molecule has 0 spiro atoms. The fourth-order valence-corrected chi connectivity index (χ4v) is 1.77. The summed E-state index contributed by atoms with van der Waals surface area (Å²) in [6, 6.07) is 14.7. The molecule has 0 aliphatic rings. The molecule has 0 saturated carbocycles. The monoisotopic (exact) mass is 324 g/mol. The van der Waals surface area contributed by atoms with E-state index in [1.165, 1.54) is 11.1 Å². The fraction of sp³-hybridized carbons (Fsp3) is 0.333. The smallest absolute Gasteiger partial charge is 0.115 e. The molecule has 0 atom stereocenters. The Morgan fingerprint density at radius 1 is 0.667 bits per heavy atom. The third-order valence-corrected chi connectivity index (χ3v) is 3.07. The number of hydrogen-bond donors (Lipinski definition) is 2. The van der Waals surface area contributed by atoms with Gasteiger partial charge in [0.25, 0.3) is 0 Å². The summed E-state index contributed by atoms with van der Waals surface area (Å²) in [5.41, 5.74) is 2.36. The van der Waals surface area contributed by atoms with Crippen LogP contribution in [0.4, 0.5) is 0 Å². The first kappa shape index (κ1) is 19.6. The topological polar surface area (TPSA) is 40.5 Å². The van der Waals surface area contributed by atoms with Gasteiger partial charge in [-0.05, 0) is 47.2 Å². The van der Waals surface area contributed by atoms with E-state index >= 15 is 0 Å². The Kier molecular flexibility index (Phi) is 8.85. The minimum absolute atomic E-state index is 0. The molecule has 0 unspecified atom stereocenters. The molecular formula is C18H24CrO2. The number of phenols is 2. The summed E-state index contributed by atoms with van der Waals surface area (Å²) in [4.78, 5) is 0. The zero-order chi connectivity index (χ0) is 15.1. The standard InChI is InChI=1S/2C9H12O.Cr/c2*1-7(2)8-4-3-5-9(10)6-8;/h2*3-7,10H,1-2H3;. The van der Waals surface area contributed by atoms with Gasteiger partial charge in [0, 0.05) is 17.4 Å². The predicted octanol–water partition coefficient (Wildman–Crippen LogP) is 5.03. The molecule has 2 aromatic rings. The molecule has 3 heteroatoms. The predicted molar refractivity (Wildman–Crippen MR) is 84.4 cm³/mol. The van der Waals surface area contributed by atoms with Gasteiger partial charge in [0.1, 0.15) is 11.5 Å². The SMILES string of the molecule is CC(C)c1cccc(O)c1.CC(C)c1cccc(O)c1.[Cr]. The summed E-state index contributed by atoms with van der Waals surface area (Å²) >= 11 is 0. The van der Waals surface area contributed by atoms with Crippen LogP contribution in [-0.2, 0) is 17.4 Å². The first-order valence-electron chi connectivity index (χ1n) is 6.98. The van der Waals surface area contributed by atoms with Crippen molar-refractivity contribution in [2.24, 2.45) is 0 Å². The van der Waals surface area contributed by atoms with Gasteiger partial charge in [0.2, 0.25) is 0 Å². The van der Waals surface area contributed by atoms with E-state index in [0.717, 1.165) is 0 Å². The van der Waals surface area contributed by atoms with E-state index < -0.39 is 0 Å². The molecule has 0 heterocycles. The van der Waals surface area contributed by atoms with Crippen molar-refractivity contribution in [3.05, 3.63) is 59.7 Å². The molecule has 0 fully saturated rings. The third kappa shape index (κ3) is 7.22. The van der Waals surface area contributed by atoms with E-state index in [-0.39, 0.29) is 17.4 Å². The van der Waals surface area contributed by atoms with Crippen molar-refractivity contribution >= 4 is 0 Å². The number of benzene rings is 2. The van der Waals surface area contributed by atoms with Crippen molar-refractivity contribution in [1.29, 1.82) is 0 Å². The van der Waals surface area contributed by atoms with E-state index in [9.17, 15) is 0 Å². The Hall–Kier alpha value is -1.43. The fourth-order valence-electron chi connectivity index (χ4n) is 1.77. The summed E-state index contributed by atoms with van der Waals surface area (Å²) < 4.78 is 0. The Morgan fingerprint density at radius 3 is 1.19 bits per heavy atom. The first-order chi connectivity index (χ1) is 9.40. The van der Waals surface area contributed by atoms with Gasteiger partial charge in [0.05, 0.1) is 0 Å². The van der Waals surface area contributed by atoms with Crippen LogP contribution in [-0.4, -0.2) is 10.2 Å². The van der Waals surface area contributed by atoms with Crippen LogP contribution in [0, 0.1) is 0 Å². The molecule has 2 aromatic carbocycles. The normalized spacial score (nSPS) is 9.81. The first-order valence-corrected chi connectivity index (χ1v) is 6.98. The Labute approximate surface area is 138 Å². The van der Waals surface area contributed by atoms with Crippen LogP contribution in [0.25, 0.3) is 0 Å². The van der Waals surface area contributed by atoms with Crippen LogP contribution in [0.1, 0.15) is 50.7 Å². The number of rotatable bonds is 2. The molecule has 0 amide bonds. The zero-order valence-corrected chi connectivity index (χ0v) is 14.4. The van der Waals surface area contributed by atoms with E-state index in [2.05, 4.69) is 27.7 Å². The van der Waals surface area contributed by atoms with Gasteiger partial charge < -0.3 is 10.2 Å². The molecule has 0 aliphatic heterocycles. The van der Waals surface area contributed by atoms with Crippen molar-refractivity contribution in [1.82, 2.24) is 0 Å². The molecule has 0 aliphatic carbocycles. The van der Waals surface area contributed by atoms with Gasteiger partial charge in [-0.25, -0.2) is 0 Å². The Morgan fingerprint density at radius 2 is 1.00 bits per heavy atom. The maximum atomic E-state index is 9.06. The molecule has 114 valence electrons. The second-order valence-electron chi connectivity index (χ2n) is 5.50. The van der Waals surface area contributed by atoms with E-state index in [1.807, 2.05) is 24.3 Å². The molecule has 2 rings (SSSR count). The van der Waals surface area contributed by atoms with Gasteiger partial charge in [-0.15, -0.1) is 0 Å². The van der Waals surface area contributed by atoms with Gasteiger partial charge in [-0.1, -0.05) is 52.0 Å². The van der Waals surface area contributed by atoms with Crippen LogP contribution < -0.4 is 0 Å². The van der Waals surface area contributed by atoms with Gasteiger partial charge in [0.15, 0.2) is 0 Å². The third-order valence-electron chi connectivity index (χ3n) is 3.07. The molecule has 2 N–H and O–H groups in total. The second-order valence-corrected chi connectivity index (χ2v) is 5.50. The summed E-state index contributed by atoms with van der Waals surface area (Å²) in [5.74, 6) is 1.69. The molecule has 0 saturated heterocycles. The quantitative estimate of drug-likeness (QED) is 0.813. The van der Waals surface area contributed by atoms with Gasteiger partial charge in [-0.3, -0.25) is 0 Å². The van der Waals surface area contributed by atoms with Crippen molar-refractivity contribution in [2.75, 3.05) is 0 Å². The molecule has 0 radical (unpaired) electrons. The van der Waals surface area contributed by atoms with Crippen LogP contribution in [0.15, 0.2) is 48.5 Å². The van der Waals surface area contributed by atoms with Crippen molar-refractivity contribution in [3.8, 4) is 11.5 Å². The largest absolute Gasteiger partial charge is 0.508 e. The number of phenolic OH excluding ortho intramolecular Hbond substituents is 2. The van der Waals surface area contributed by atoms with Crippen LogP contribution in [0.2, 0.25) is 0 Å². The zero-order valence-electron chi connectivity index (χ0n) is 13.1. The average Bonchev–Trinajstić information content (AvgIpc) is 2.39. The Bertz CT molecular complexity index is 487. The minimum Gasteiger partial charge on any atom is -0.508 e. The number of aromatic hydroxyl groups is 2. The van der Waals surface area contributed by atoms with Gasteiger partial charge in [-0.2, -0.15) is 0 Å². The summed E-state index contributed by atoms with van der Waals surface area (Å²) in [6.07, 6.45) is 0. The van der Waals surface area contributed by atoms with Crippen molar-refractivity contribution < 1.29 is 27.6 Å². The molecule has 0 aromatic heterocycles. The summed E-state index contributed by atoms with van der Waals surface area (Å²) in [7, 11) is 0. The molecular weight excluding hydrogens is 300 g/mol. The number of hydrogen-bond acceptors (Lipinski definition) is 2. The summed E-state index contributed by atoms with van der Waals surface area (Å²) in [6.45, 7) is 8.42. The van der Waals surface area contributed by atoms with Crippen molar-refractivity contribution in [3.63, 3.8) is 0 Å². The Balaban J connectivity index is 0.000000364. The van der Waals surface area contributed by atoms with Crippen LogP contribution >= 0.6 is 0 Å². The van der Waals surface area contributed by atoms with Crippen LogP contribution in [0.5, 0.6) is 11.5 Å².